The molecule has 1 N–H and O–H groups in total. The van der Waals surface area contributed by atoms with Gasteiger partial charge in [0.05, 0.1) is 16.8 Å². The number of nitriles is 1. The number of para-hydroxylation sites is 1. The molecule has 0 unspecified atom stereocenters. The van der Waals surface area contributed by atoms with Crippen molar-refractivity contribution < 1.29 is 0 Å². The molecular weight excluding hydrogens is 242 g/mol. The molecule has 4 heteroatoms. The molecule has 2 heterocycles. The van der Waals surface area contributed by atoms with Crippen molar-refractivity contribution in [1.29, 1.82) is 5.26 Å². The van der Waals surface area contributed by atoms with Gasteiger partial charge in [-0.3, -0.25) is 4.98 Å². The Morgan fingerprint density at radius 1 is 1.22 bits per heavy atom. The smallest absolute Gasteiger partial charge is 0.103 e. The fourth-order valence-corrected chi connectivity index (χ4v) is 2.43. The molecule has 0 radical (unpaired) electrons. The third-order valence-electron chi connectivity index (χ3n) is 2.69. The minimum Gasteiger partial charge on any atom is -0.353 e. The van der Waals surface area contributed by atoms with Gasteiger partial charge in [0.15, 0.2) is 0 Å². The summed E-state index contributed by atoms with van der Waals surface area (Å²) in [6, 6.07) is 12.0. The maximum atomic E-state index is 9.18. The number of anilines is 2. The number of hydrogen-bond donors (Lipinski definition) is 1. The zero-order valence-corrected chi connectivity index (χ0v) is 10.2. The van der Waals surface area contributed by atoms with Crippen LogP contribution in [0, 0.1) is 11.3 Å². The number of benzene rings is 1. The second-order valence-corrected chi connectivity index (χ2v) is 4.59. The van der Waals surface area contributed by atoms with Crippen molar-refractivity contribution in [3.8, 4) is 6.07 Å². The van der Waals surface area contributed by atoms with Crippen molar-refractivity contribution >= 4 is 33.6 Å². The Kier molecular flexibility index (Phi) is 2.67. The molecule has 0 atom stereocenters. The molecule has 0 spiro atoms. The molecule has 0 amide bonds. The fourth-order valence-electron chi connectivity index (χ4n) is 1.84. The highest BCUT2D eigenvalue weighted by atomic mass is 32.1. The number of rotatable bonds is 2. The molecule has 18 heavy (non-hydrogen) atoms. The van der Waals surface area contributed by atoms with Crippen LogP contribution >= 0.6 is 11.3 Å². The van der Waals surface area contributed by atoms with Gasteiger partial charge in [-0.25, -0.2) is 0 Å². The maximum absolute atomic E-state index is 9.18. The van der Waals surface area contributed by atoms with Crippen LogP contribution in [0.2, 0.25) is 0 Å². The van der Waals surface area contributed by atoms with Gasteiger partial charge in [-0.2, -0.15) is 16.6 Å². The van der Waals surface area contributed by atoms with E-state index in [4.69, 9.17) is 0 Å². The Hall–Kier alpha value is -2.38. The summed E-state index contributed by atoms with van der Waals surface area (Å²) >= 11 is 1.62. The molecule has 0 aliphatic heterocycles. The van der Waals surface area contributed by atoms with Gasteiger partial charge in [0.25, 0.3) is 0 Å². The van der Waals surface area contributed by atoms with Crippen LogP contribution in [0.1, 0.15) is 5.56 Å². The van der Waals surface area contributed by atoms with Crippen LogP contribution in [0.15, 0.2) is 47.3 Å². The van der Waals surface area contributed by atoms with Gasteiger partial charge >= 0.3 is 0 Å². The summed E-state index contributed by atoms with van der Waals surface area (Å²) in [6.07, 6.45) is 1.61. The van der Waals surface area contributed by atoms with Crippen molar-refractivity contribution in [2.75, 3.05) is 5.32 Å². The zero-order chi connectivity index (χ0) is 12.4. The largest absolute Gasteiger partial charge is 0.353 e. The molecule has 0 saturated heterocycles. The van der Waals surface area contributed by atoms with Gasteiger partial charge in [0.2, 0.25) is 0 Å². The normalized spacial score (nSPS) is 10.2. The molecular formula is C14H9N3S. The number of fused-ring (bicyclic) bond motifs is 1. The van der Waals surface area contributed by atoms with Crippen molar-refractivity contribution in [2.24, 2.45) is 0 Å². The number of thiophene rings is 1. The van der Waals surface area contributed by atoms with Crippen molar-refractivity contribution in [3.63, 3.8) is 0 Å². The van der Waals surface area contributed by atoms with E-state index in [1.165, 1.54) is 0 Å². The van der Waals surface area contributed by atoms with Crippen LogP contribution in [0.3, 0.4) is 0 Å². The van der Waals surface area contributed by atoms with E-state index in [1.54, 1.807) is 17.5 Å². The van der Waals surface area contributed by atoms with Crippen LogP contribution in [-0.4, -0.2) is 4.98 Å². The Balaban J connectivity index is 2.21. The van der Waals surface area contributed by atoms with E-state index in [1.807, 2.05) is 41.1 Å². The number of nitrogens with one attached hydrogen (secondary N) is 1. The monoisotopic (exact) mass is 251 g/mol. The summed E-state index contributed by atoms with van der Waals surface area (Å²) in [6.45, 7) is 0. The molecule has 86 valence electrons. The van der Waals surface area contributed by atoms with E-state index in [0.29, 0.717) is 5.56 Å². The van der Waals surface area contributed by atoms with Gasteiger partial charge in [0.1, 0.15) is 6.07 Å². The van der Waals surface area contributed by atoms with Gasteiger partial charge in [-0.05, 0) is 17.5 Å². The second kappa shape index (κ2) is 4.47. The van der Waals surface area contributed by atoms with E-state index in [2.05, 4.69) is 16.4 Å². The Morgan fingerprint density at radius 3 is 2.89 bits per heavy atom. The molecule has 0 aliphatic carbocycles. The summed E-state index contributed by atoms with van der Waals surface area (Å²) in [5.74, 6) is 0. The minimum absolute atomic E-state index is 0.555. The van der Waals surface area contributed by atoms with Crippen molar-refractivity contribution in [2.45, 2.75) is 0 Å². The number of aromatic nitrogens is 1. The van der Waals surface area contributed by atoms with E-state index in [-0.39, 0.29) is 0 Å². The predicted octanol–water partition coefficient (Wildman–Crippen LogP) is 3.91. The fraction of sp³-hybridized carbons (Fsp3) is 0. The lowest BCUT2D eigenvalue weighted by atomic mass is 10.1. The first-order valence-electron chi connectivity index (χ1n) is 5.45. The molecule has 0 fully saturated rings. The third kappa shape index (κ3) is 1.81. The lowest BCUT2D eigenvalue weighted by Gasteiger charge is -2.09. The Labute approximate surface area is 108 Å². The SMILES string of the molecule is N#Cc1cnc2ccccc2c1Nc1ccsc1. The van der Waals surface area contributed by atoms with Gasteiger partial charge in [0, 0.05) is 22.7 Å². The zero-order valence-electron chi connectivity index (χ0n) is 9.42. The lowest BCUT2D eigenvalue weighted by molar-refractivity contribution is 1.36. The predicted molar refractivity (Wildman–Crippen MR) is 74.1 cm³/mol. The molecule has 0 bridgehead atoms. The summed E-state index contributed by atoms with van der Waals surface area (Å²) < 4.78 is 0. The molecule has 0 saturated carbocycles. The van der Waals surface area contributed by atoms with E-state index >= 15 is 0 Å². The third-order valence-corrected chi connectivity index (χ3v) is 3.37. The van der Waals surface area contributed by atoms with Gasteiger partial charge < -0.3 is 5.32 Å². The minimum atomic E-state index is 0.555. The lowest BCUT2D eigenvalue weighted by Crippen LogP contribution is -1.95. The average Bonchev–Trinajstić information content (AvgIpc) is 2.92. The summed E-state index contributed by atoms with van der Waals surface area (Å²) in [7, 11) is 0. The van der Waals surface area contributed by atoms with Crippen LogP contribution in [0.5, 0.6) is 0 Å². The summed E-state index contributed by atoms with van der Waals surface area (Å²) in [5, 5.41) is 17.4. The van der Waals surface area contributed by atoms with Crippen molar-refractivity contribution in [3.05, 3.63) is 52.9 Å². The van der Waals surface area contributed by atoms with Gasteiger partial charge in [-0.15, -0.1) is 0 Å². The molecule has 1 aromatic carbocycles. The molecule has 0 aliphatic rings. The van der Waals surface area contributed by atoms with Crippen LogP contribution in [0.4, 0.5) is 11.4 Å². The first-order valence-corrected chi connectivity index (χ1v) is 6.40. The first-order chi connectivity index (χ1) is 8.88. The Morgan fingerprint density at radius 2 is 2.11 bits per heavy atom. The summed E-state index contributed by atoms with van der Waals surface area (Å²) in [5.41, 5.74) is 3.25. The van der Waals surface area contributed by atoms with E-state index < -0.39 is 0 Å². The first kappa shape index (κ1) is 10.8. The molecule has 3 nitrogen and oxygen atoms in total. The summed E-state index contributed by atoms with van der Waals surface area (Å²) in [4.78, 5) is 4.28. The standard InChI is InChI=1S/C14H9N3S/c15-7-10-8-16-13-4-2-1-3-12(13)14(10)17-11-5-6-18-9-11/h1-6,8-9H,(H,16,17). The van der Waals surface area contributed by atoms with E-state index in [0.717, 1.165) is 22.3 Å². The average molecular weight is 251 g/mol. The highest BCUT2D eigenvalue weighted by Crippen LogP contribution is 2.29. The number of nitrogens with zero attached hydrogens (tertiary/aromatic N) is 2. The molecule has 3 rings (SSSR count). The number of hydrogen-bond acceptors (Lipinski definition) is 4. The van der Waals surface area contributed by atoms with Gasteiger partial charge in [-0.1, -0.05) is 18.2 Å². The second-order valence-electron chi connectivity index (χ2n) is 3.81. The van der Waals surface area contributed by atoms with Crippen LogP contribution < -0.4 is 5.32 Å². The number of pyridine rings is 1. The van der Waals surface area contributed by atoms with Crippen LogP contribution in [0.25, 0.3) is 10.9 Å². The van der Waals surface area contributed by atoms with E-state index in [9.17, 15) is 5.26 Å². The highest BCUT2D eigenvalue weighted by molar-refractivity contribution is 7.08. The Bertz CT molecular complexity index is 726. The molecule has 3 aromatic rings. The molecule has 2 aromatic heterocycles. The van der Waals surface area contributed by atoms with Crippen molar-refractivity contribution in [1.82, 2.24) is 4.98 Å². The highest BCUT2D eigenvalue weighted by Gasteiger charge is 2.08. The maximum Gasteiger partial charge on any atom is 0.103 e. The van der Waals surface area contributed by atoms with Crippen LogP contribution in [-0.2, 0) is 0 Å². The topological polar surface area (TPSA) is 48.7 Å². The quantitative estimate of drug-likeness (QED) is 0.751.